The van der Waals surface area contributed by atoms with Gasteiger partial charge in [0, 0.05) is 0 Å². The molecule has 1 aliphatic carbocycles. The van der Waals surface area contributed by atoms with Crippen molar-refractivity contribution in [3.8, 4) is 11.5 Å². The summed E-state index contributed by atoms with van der Waals surface area (Å²) in [5, 5.41) is 9.05. The van der Waals surface area contributed by atoms with Crippen LogP contribution in [0.25, 0.3) is 0 Å². The van der Waals surface area contributed by atoms with Crippen molar-refractivity contribution in [3.63, 3.8) is 0 Å². The number of aromatic carboxylic acids is 1. The van der Waals surface area contributed by atoms with E-state index in [0.29, 0.717) is 11.5 Å². The maximum atomic E-state index is 11.0. The van der Waals surface area contributed by atoms with E-state index in [0.717, 1.165) is 19.3 Å². The van der Waals surface area contributed by atoms with Gasteiger partial charge in [0.15, 0.2) is 11.5 Å². The summed E-state index contributed by atoms with van der Waals surface area (Å²) in [5.41, 5.74) is 2.71. The number of carbonyl (C=O) groups is 1. The molecule has 0 saturated heterocycles. The van der Waals surface area contributed by atoms with Crippen LogP contribution in [-0.2, 0) is 6.42 Å². The number of aryl methyl sites for hydroxylation is 1. The average molecular weight is 298 g/mol. The molecule has 1 aliphatic rings. The Labute approximate surface area is 129 Å². The molecule has 0 aromatic heterocycles. The fourth-order valence-corrected chi connectivity index (χ4v) is 2.88. The molecule has 0 fully saturated rings. The standard InChI is InChI=1S/C18H18O4/c1-21-17-11-13(18(19)20)9-10-16(17)22-15-8-4-6-12-5-2-3-7-14(12)15/h2-3,5,7,9-11,15H,4,6,8H2,1H3,(H,19,20). The van der Waals surface area contributed by atoms with Crippen molar-refractivity contribution in [2.24, 2.45) is 0 Å². The van der Waals surface area contributed by atoms with E-state index in [9.17, 15) is 4.79 Å². The summed E-state index contributed by atoms with van der Waals surface area (Å²) in [5.74, 6) is 0.0463. The van der Waals surface area contributed by atoms with Crippen molar-refractivity contribution < 1.29 is 19.4 Å². The minimum Gasteiger partial charge on any atom is -0.493 e. The van der Waals surface area contributed by atoms with Gasteiger partial charge < -0.3 is 14.6 Å². The minimum absolute atomic E-state index is 0.0190. The summed E-state index contributed by atoms with van der Waals surface area (Å²) in [6, 6.07) is 13.0. The molecule has 4 heteroatoms. The number of ether oxygens (including phenoxy) is 2. The number of fused-ring (bicyclic) bond motifs is 1. The Kier molecular flexibility index (Phi) is 4.00. The molecular formula is C18H18O4. The molecule has 1 atom stereocenters. The smallest absolute Gasteiger partial charge is 0.335 e. The van der Waals surface area contributed by atoms with E-state index in [1.54, 1.807) is 6.07 Å². The monoisotopic (exact) mass is 298 g/mol. The fourth-order valence-electron chi connectivity index (χ4n) is 2.88. The first-order chi connectivity index (χ1) is 10.7. The quantitative estimate of drug-likeness (QED) is 0.931. The van der Waals surface area contributed by atoms with Crippen LogP contribution in [0.1, 0.15) is 40.4 Å². The van der Waals surface area contributed by atoms with Gasteiger partial charge in [0.1, 0.15) is 6.10 Å². The van der Waals surface area contributed by atoms with Crippen LogP contribution in [0.5, 0.6) is 11.5 Å². The van der Waals surface area contributed by atoms with E-state index in [-0.39, 0.29) is 11.7 Å². The van der Waals surface area contributed by atoms with Crippen molar-refractivity contribution >= 4 is 5.97 Å². The van der Waals surface area contributed by atoms with E-state index < -0.39 is 5.97 Å². The molecule has 0 spiro atoms. The summed E-state index contributed by atoms with van der Waals surface area (Å²) in [7, 11) is 1.52. The summed E-state index contributed by atoms with van der Waals surface area (Å²) < 4.78 is 11.4. The minimum atomic E-state index is -0.979. The predicted molar refractivity (Wildman–Crippen MR) is 82.7 cm³/mol. The molecule has 22 heavy (non-hydrogen) atoms. The van der Waals surface area contributed by atoms with E-state index in [1.165, 1.54) is 30.4 Å². The van der Waals surface area contributed by atoms with Gasteiger partial charge in [-0.15, -0.1) is 0 Å². The fraction of sp³-hybridized carbons (Fsp3) is 0.278. The SMILES string of the molecule is COc1cc(C(=O)O)ccc1OC1CCCc2ccccc21. The van der Waals surface area contributed by atoms with Crippen molar-refractivity contribution in [1.82, 2.24) is 0 Å². The van der Waals surface area contributed by atoms with Crippen LogP contribution in [0, 0.1) is 0 Å². The molecule has 1 N–H and O–H groups in total. The maximum absolute atomic E-state index is 11.0. The zero-order chi connectivity index (χ0) is 15.5. The Balaban J connectivity index is 1.89. The topological polar surface area (TPSA) is 55.8 Å². The van der Waals surface area contributed by atoms with Gasteiger partial charge >= 0.3 is 5.97 Å². The third-order valence-electron chi connectivity index (χ3n) is 3.99. The van der Waals surface area contributed by atoms with Crippen molar-refractivity contribution in [3.05, 3.63) is 59.2 Å². The highest BCUT2D eigenvalue weighted by Gasteiger charge is 2.22. The summed E-state index contributed by atoms with van der Waals surface area (Å²) in [6.07, 6.45) is 3.08. The van der Waals surface area contributed by atoms with E-state index in [4.69, 9.17) is 14.6 Å². The highest BCUT2D eigenvalue weighted by Crippen LogP contribution is 2.37. The van der Waals surface area contributed by atoms with Gasteiger partial charge in [0.25, 0.3) is 0 Å². The highest BCUT2D eigenvalue weighted by atomic mass is 16.5. The molecule has 0 aliphatic heterocycles. The number of carboxylic acid groups (broad SMARTS) is 1. The van der Waals surface area contributed by atoms with Crippen LogP contribution < -0.4 is 9.47 Å². The van der Waals surface area contributed by atoms with Crippen molar-refractivity contribution in [1.29, 1.82) is 0 Å². The molecule has 0 bridgehead atoms. The van der Waals surface area contributed by atoms with Crippen LogP contribution >= 0.6 is 0 Å². The lowest BCUT2D eigenvalue weighted by Crippen LogP contribution is -2.15. The van der Waals surface area contributed by atoms with Crippen LogP contribution in [-0.4, -0.2) is 18.2 Å². The Morgan fingerprint density at radius 2 is 2.00 bits per heavy atom. The molecule has 0 heterocycles. The summed E-state index contributed by atoms with van der Waals surface area (Å²) in [4.78, 5) is 11.0. The van der Waals surface area contributed by atoms with Gasteiger partial charge in [-0.2, -0.15) is 0 Å². The number of hydrogen-bond acceptors (Lipinski definition) is 3. The van der Waals surface area contributed by atoms with Crippen molar-refractivity contribution in [2.75, 3.05) is 7.11 Å². The molecule has 0 saturated carbocycles. The molecule has 0 radical (unpaired) electrons. The number of hydrogen-bond donors (Lipinski definition) is 1. The number of benzene rings is 2. The lowest BCUT2D eigenvalue weighted by atomic mass is 9.89. The van der Waals surface area contributed by atoms with Gasteiger partial charge in [-0.05, 0) is 48.6 Å². The van der Waals surface area contributed by atoms with Crippen LogP contribution in [0.2, 0.25) is 0 Å². The lowest BCUT2D eigenvalue weighted by Gasteiger charge is -2.27. The Morgan fingerprint density at radius 3 is 2.77 bits per heavy atom. The zero-order valence-corrected chi connectivity index (χ0v) is 12.4. The number of methoxy groups -OCH3 is 1. The Hall–Kier alpha value is -2.49. The summed E-state index contributed by atoms with van der Waals surface area (Å²) >= 11 is 0. The third-order valence-corrected chi connectivity index (χ3v) is 3.99. The van der Waals surface area contributed by atoms with Gasteiger partial charge in [0.2, 0.25) is 0 Å². The molecule has 1 unspecified atom stereocenters. The van der Waals surface area contributed by atoms with E-state index >= 15 is 0 Å². The molecule has 114 valence electrons. The summed E-state index contributed by atoms with van der Waals surface area (Å²) in [6.45, 7) is 0. The van der Waals surface area contributed by atoms with Crippen LogP contribution in [0.4, 0.5) is 0 Å². The van der Waals surface area contributed by atoms with E-state index in [2.05, 4.69) is 12.1 Å². The Bertz CT molecular complexity index is 693. The largest absolute Gasteiger partial charge is 0.493 e. The average Bonchev–Trinajstić information content (AvgIpc) is 2.55. The first-order valence-electron chi connectivity index (χ1n) is 7.35. The molecular weight excluding hydrogens is 280 g/mol. The zero-order valence-electron chi connectivity index (χ0n) is 12.4. The van der Waals surface area contributed by atoms with Gasteiger partial charge in [-0.3, -0.25) is 0 Å². The molecule has 2 aromatic carbocycles. The second kappa shape index (κ2) is 6.10. The number of rotatable bonds is 4. The predicted octanol–water partition coefficient (Wildman–Crippen LogP) is 3.85. The lowest BCUT2D eigenvalue weighted by molar-refractivity contribution is 0.0696. The first-order valence-corrected chi connectivity index (χ1v) is 7.35. The second-order valence-electron chi connectivity index (χ2n) is 5.37. The molecule has 0 amide bonds. The normalized spacial score (nSPS) is 16.7. The molecule has 3 rings (SSSR count). The highest BCUT2D eigenvalue weighted by molar-refractivity contribution is 5.88. The molecule has 4 nitrogen and oxygen atoms in total. The first kappa shape index (κ1) is 14.4. The maximum Gasteiger partial charge on any atom is 0.335 e. The Morgan fingerprint density at radius 1 is 1.18 bits per heavy atom. The van der Waals surface area contributed by atoms with Gasteiger partial charge in [-0.1, -0.05) is 24.3 Å². The van der Waals surface area contributed by atoms with Crippen LogP contribution in [0.15, 0.2) is 42.5 Å². The number of carboxylic acids is 1. The van der Waals surface area contributed by atoms with E-state index in [1.807, 2.05) is 12.1 Å². The van der Waals surface area contributed by atoms with Crippen molar-refractivity contribution in [2.45, 2.75) is 25.4 Å². The second-order valence-corrected chi connectivity index (χ2v) is 5.37. The van der Waals surface area contributed by atoms with Crippen LogP contribution in [0.3, 0.4) is 0 Å². The third kappa shape index (κ3) is 2.77. The molecule has 2 aromatic rings. The van der Waals surface area contributed by atoms with Gasteiger partial charge in [-0.25, -0.2) is 4.79 Å². The van der Waals surface area contributed by atoms with Gasteiger partial charge in [0.05, 0.1) is 12.7 Å².